The van der Waals surface area contributed by atoms with Crippen LogP contribution in [-0.2, 0) is 14.3 Å². The summed E-state index contributed by atoms with van der Waals surface area (Å²) in [7, 11) is 1.42. The minimum absolute atomic E-state index is 0.00829. The number of carbonyl (C=O) groups is 2. The largest absolute Gasteiger partial charge is 0.469 e. The molecule has 78 valence electrons. The monoisotopic (exact) mass is 197 g/mol. The van der Waals surface area contributed by atoms with Gasteiger partial charge in [0.1, 0.15) is 0 Å². The summed E-state index contributed by atoms with van der Waals surface area (Å²) in [5, 5.41) is 2.94. The lowest BCUT2D eigenvalue weighted by molar-refractivity contribution is -0.147. The van der Waals surface area contributed by atoms with Crippen molar-refractivity contribution in [2.24, 2.45) is 11.8 Å². The molecule has 0 aromatic heterocycles. The van der Waals surface area contributed by atoms with Gasteiger partial charge in [-0.3, -0.25) is 9.59 Å². The third kappa shape index (κ3) is 1.61. The molecule has 2 rings (SSSR count). The second-order valence-electron chi connectivity index (χ2n) is 4.17. The molecule has 0 spiro atoms. The van der Waals surface area contributed by atoms with Crippen molar-refractivity contribution in [3.8, 4) is 0 Å². The standard InChI is InChI=1S/C10H15NO3/c1-14-10(13)6-2-3-8-7(4-6)5-9(12)11-8/h6-8H,2-5H2,1H3,(H,11,12)/t6-,7-,8-/m0/s1. The van der Waals surface area contributed by atoms with Crippen molar-refractivity contribution in [3.05, 3.63) is 0 Å². The van der Waals surface area contributed by atoms with Gasteiger partial charge in [-0.1, -0.05) is 0 Å². The molecule has 3 atom stereocenters. The summed E-state index contributed by atoms with van der Waals surface area (Å²) in [6, 6.07) is 0.309. The van der Waals surface area contributed by atoms with Gasteiger partial charge in [0.15, 0.2) is 0 Å². The van der Waals surface area contributed by atoms with Gasteiger partial charge in [0, 0.05) is 12.5 Å². The quantitative estimate of drug-likeness (QED) is 0.621. The molecule has 1 N–H and O–H groups in total. The van der Waals surface area contributed by atoms with E-state index in [1.807, 2.05) is 0 Å². The number of carbonyl (C=O) groups excluding carboxylic acids is 2. The van der Waals surface area contributed by atoms with Crippen LogP contribution in [0.4, 0.5) is 0 Å². The fraction of sp³-hybridized carbons (Fsp3) is 0.800. The summed E-state index contributed by atoms with van der Waals surface area (Å²) in [4.78, 5) is 22.4. The van der Waals surface area contributed by atoms with E-state index in [0.717, 1.165) is 19.3 Å². The van der Waals surface area contributed by atoms with Crippen LogP contribution in [0.15, 0.2) is 0 Å². The fourth-order valence-electron chi connectivity index (χ4n) is 2.56. The lowest BCUT2D eigenvalue weighted by Gasteiger charge is -2.29. The highest BCUT2D eigenvalue weighted by atomic mass is 16.5. The van der Waals surface area contributed by atoms with Crippen molar-refractivity contribution < 1.29 is 14.3 Å². The normalized spacial score (nSPS) is 36.1. The summed E-state index contributed by atoms with van der Waals surface area (Å²) in [6.07, 6.45) is 3.14. The van der Waals surface area contributed by atoms with Crippen molar-refractivity contribution in [2.75, 3.05) is 7.11 Å². The summed E-state index contributed by atoms with van der Waals surface area (Å²) in [6.45, 7) is 0. The zero-order chi connectivity index (χ0) is 10.1. The third-order valence-electron chi connectivity index (χ3n) is 3.31. The molecule has 0 bridgehead atoms. The molecular weight excluding hydrogens is 182 g/mol. The number of rotatable bonds is 1. The second kappa shape index (κ2) is 3.59. The molecule has 4 nitrogen and oxygen atoms in total. The third-order valence-corrected chi connectivity index (χ3v) is 3.31. The first kappa shape index (κ1) is 9.49. The Labute approximate surface area is 83.0 Å². The first-order valence-electron chi connectivity index (χ1n) is 5.08. The molecule has 2 fully saturated rings. The zero-order valence-corrected chi connectivity index (χ0v) is 8.29. The van der Waals surface area contributed by atoms with E-state index in [-0.39, 0.29) is 17.8 Å². The Bertz CT molecular complexity index is 264. The minimum Gasteiger partial charge on any atom is -0.469 e. The van der Waals surface area contributed by atoms with Crippen LogP contribution in [0.3, 0.4) is 0 Å². The topological polar surface area (TPSA) is 55.4 Å². The first-order chi connectivity index (χ1) is 6.70. The molecular formula is C10H15NO3. The van der Waals surface area contributed by atoms with E-state index in [1.54, 1.807) is 0 Å². The highest BCUT2D eigenvalue weighted by Gasteiger charge is 2.39. The molecule has 1 saturated heterocycles. The van der Waals surface area contributed by atoms with Crippen LogP contribution in [-0.4, -0.2) is 25.0 Å². The van der Waals surface area contributed by atoms with Gasteiger partial charge in [0.25, 0.3) is 0 Å². The SMILES string of the molecule is COC(=O)[C@H]1CC[C@@H]2NC(=O)C[C@@H]2C1. The Balaban J connectivity index is 1.97. The van der Waals surface area contributed by atoms with E-state index in [4.69, 9.17) is 4.74 Å². The molecule has 0 aromatic carbocycles. The Hall–Kier alpha value is -1.06. The molecule has 1 amide bonds. The Morgan fingerprint density at radius 3 is 3.00 bits per heavy atom. The van der Waals surface area contributed by atoms with Crippen LogP contribution in [0.25, 0.3) is 0 Å². The van der Waals surface area contributed by atoms with Gasteiger partial charge in [-0.15, -0.1) is 0 Å². The average Bonchev–Trinajstić information content (AvgIpc) is 2.55. The highest BCUT2D eigenvalue weighted by molar-refractivity contribution is 5.79. The number of methoxy groups -OCH3 is 1. The maximum Gasteiger partial charge on any atom is 0.308 e. The van der Waals surface area contributed by atoms with Crippen LogP contribution in [0.5, 0.6) is 0 Å². The van der Waals surface area contributed by atoms with Gasteiger partial charge in [0.05, 0.1) is 13.0 Å². The molecule has 1 aliphatic carbocycles. The maximum atomic E-state index is 11.3. The van der Waals surface area contributed by atoms with E-state index >= 15 is 0 Å². The van der Waals surface area contributed by atoms with Crippen LogP contribution in [0.1, 0.15) is 25.7 Å². The molecule has 14 heavy (non-hydrogen) atoms. The predicted molar refractivity (Wildman–Crippen MR) is 49.4 cm³/mol. The molecule has 4 heteroatoms. The van der Waals surface area contributed by atoms with Crippen molar-refractivity contribution in [2.45, 2.75) is 31.7 Å². The fourth-order valence-corrected chi connectivity index (χ4v) is 2.56. The van der Waals surface area contributed by atoms with Crippen LogP contribution in [0, 0.1) is 11.8 Å². The predicted octanol–water partition coefficient (Wildman–Crippen LogP) is 0.464. The zero-order valence-electron chi connectivity index (χ0n) is 8.29. The average molecular weight is 197 g/mol. The second-order valence-corrected chi connectivity index (χ2v) is 4.17. The van der Waals surface area contributed by atoms with Gasteiger partial charge in [-0.25, -0.2) is 0 Å². The Kier molecular flexibility index (Phi) is 2.44. The summed E-state index contributed by atoms with van der Waals surface area (Å²) >= 11 is 0. The van der Waals surface area contributed by atoms with Crippen LogP contribution < -0.4 is 5.32 Å². The smallest absolute Gasteiger partial charge is 0.308 e. The number of nitrogens with one attached hydrogen (secondary N) is 1. The maximum absolute atomic E-state index is 11.3. The van der Waals surface area contributed by atoms with Crippen molar-refractivity contribution in [1.29, 1.82) is 0 Å². The van der Waals surface area contributed by atoms with Crippen LogP contribution >= 0.6 is 0 Å². The lowest BCUT2D eigenvalue weighted by Crippen LogP contribution is -2.36. The number of amides is 1. The molecule has 1 saturated carbocycles. The van der Waals surface area contributed by atoms with Crippen LogP contribution in [0.2, 0.25) is 0 Å². The summed E-state index contributed by atoms with van der Waals surface area (Å²) in [5.41, 5.74) is 0. The number of esters is 1. The molecule has 2 aliphatic rings. The first-order valence-corrected chi connectivity index (χ1v) is 5.08. The van der Waals surface area contributed by atoms with E-state index in [9.17, 15) is 9.59 Å². The van der Waals surface area contributed by atoms with Gasteiger partial charge >= 0.3 is 5.97 Å². The van der Waals surface area contributed by atoms with Gasteiger partial charge in [-0.05, 0) is 25.2 Å². The number of ether oxygens (including phenoxy) is 1. The number of hydrogen-bond acceptors (Lipinski definition) is 3. The molecule has 0 unspecified atom stereocenters. The molecule has 0 radical (unpaired) electrons. The number of fused-ring (bicyclic) bond motifs is 1. The van der Waals surface area contributed by atoms with E-state index < -0.39 is 0 Å². The highest BCUT2D eigenvalue weighted by Crippen LogP contribution is 2.35. The molecule has 0 aromatic rings. The molecule has 1 heterocycles. The van der Waals surface area contributed by atoms with E-state index in [0.29, 0.717) is 18.4 Å². The van der Waals surface area contributed by atoms with Gasteiger partial charge in [-0.2, -0.15) is 0 Å². The van der Waals surface area contributed by atoms with Crippen molar-refractivity contribution in [1.82, 2.24) is 5.32 Å². The Morgan fingerprint density at radius 2 is 2.29 bits per heavy atom. The van der Waals surface area contributed by atoms with Crippen molar-refractivity contribution in [3.63, 3.8) is 0 Å². The Morgan fingerprint density at radius 1 is 1.50 bits per heavy atom. The van der Waals surface area contributed by atoms with Crippen molar-refractivity contribution >= 4 is 11.9 Å². The minimum atomic E-state index is -0.122. The number of hydrogen-bond donors (Lipinski definition) is 1. The summed E-state index contributed by atoms with van der Waals surface area (Å²) in [5.74, 6) is 0.364. The van der Waals surface area contributed by atoms with E-state index in [1.165, 1.54) is 7.11 Å². The lowest BCUT2D eigenvalue weighted by atomic mass is 9.78. The molecule has 1 aliphatic heterocycles. The van der Waals surface area contributed by atoms with Gasteiger partial charge in [0.2, 0.25) is 5.91 Å². The van der Waals surface area contributed by atoms with Gasteiger partial charge < -0.3 is 10.1 Å². The summed E-state index contributed by atoms with van der Waals surface area (Å²) < 4.78 is 4.72. The van der Waals surface area contributed by atoms with E-state index in [2.05, 4.69) is 5.32 Å².